The standard InChI is InChI=1S/C14H12O3/c15-9-11-1-5-13(6-2-11)17-14-7-3-12(10-16)4-8-14/h1-9,16H,10H2. The monoisotopic (exact) mass is 228 g/mol. The molecule has 2 aromatic rings. The van der Waals surface area contributed by atoms with Crippen LogP contribution in [0.15, 0.2) is 48.5 Å². The molecule has 0 atom stereocenters. The number of aliphatic hydroxyl groups is 1. The van der Waals surface area contributed by atoms with E-state index < -0.39 is 0 Å². The van der Waals surface area contributed by atoms with Crippen molar-refractivity contribution in [1.82, 2.24) is 0 Å². The molecule has 0 saturated carbocycles. The quantitative estimate of drug-likeness (QED) is 0.818. The van der Waals surface area contributed by atoms with Crippen LogP contribution in [0.2, 0.25) is 0 Å². The van der Waals surface area contributed by atoms with Crippen LogP contribution >= 0.6 is 0 Å². The topological polar surface area (TPSA) is 46.5 Å². The minimum absolute atomic E-state index is 0.0221. The van der Waals surface area contributed by atoms with Crippen molar-refractivity contribution in [3.63, 3.8) is 0 Å². The summed E-state index contributed by atoms with van der Waals surface area (Å²) in [6.07, 6.45) is 0.791. The Labute approximate surface area is 99.3 Å². The van der Waals surface area contributed by atoms with Crippen molar-refractivity contribution in [2.45, 2.75) is 6.61 Å². The minimum atomic E-state index is 0.0221. The van der Waals surface area contributed by atoms with Crippen LogP contribution in [-0.4, -0.2) is 11.4 Å². The van der Waals surface area contributed by atoms with Gasteiger partial charge in [0.15, 0.2) is 0 Å². The summed E-state index contributed by atoms with van der Waals surface area (Å²) in [5.74, 6) is 1.37. The van der Waals surface area contributed by atoms with Crippen LogP contribution in [0, 0.1) is 0 Å². The number of benzene rings is 2. The smallest absolute Gasteiger partial charge is 0.150 e. The molecule has 0 heterocycles. The van der Waals surface area contributed by atoms with Gasteiger partial charge in [-0.25, -0.2) is 0 Å². The highest BCUT2D eigenvalue weighted by atomic mass is 16.5. The van der Waals surface area contributed by atoms with Gasteiger partial charge in [0.1, 0.15) is 17.8 Å². The maximum Gasteiger partial charge on any atom is 0.150 e. The summed E-state index contributed by atoms with van der Waals surface area (Å²) < 4.78 is 5.58. The third-order valence-corrected chi connectivity index (χ3v) is 2.36. The van der Waals surface area contributed by atoms with E-state index in [1.165, 1.54) is 0 Å². The first kappa shape index (κ1) is 11.4. The van der Waals surface area contributed by atoms with Gasteiger partial charge in [-0.05, 0) is 42.0 Å². The molecule has 3 nitrogen and oxygen atoms in total. The number of rotatable bonds is 4. The molecule has 0 amide bonds. The van der Waals surface area contributed by atoms with Crippen molar-refractivity contribution in [3.05, 3.63) is 59.7 Å². The fraction of sp³-hybridized carbons (Fsp3) is 0.0714. The lowest BCUT2D eigenvalue weighted by Crippen LogP contribution is -1.87. The number of ether oxygens (including phenoxy) is 1. The van der Waals surface area contributed by atoms with Crippen LogP contribution in [0.25, 0.3) is 0 Å². The number of aliphatic hydroxyl groups excluding tert-OH is 1. The average Bonchev–Trinajstić information content (AvgIpc) is 2.40. The van der Waals surface area contributed by atoms with Crippen LogP contribution in [0.1, 0.15) is 15.9 Å². The number of aldehydes is 1. The SMILES string of the molecule is O=Cc1ccc(Oc2ccc(CO)cc2)cc1. The van der Waals surface area contributed by atoms with Gasteiger partial charge in [-0.3, -0.25) is 4.79 Å². The molecule has 0 aliphatic rings. The Morgan fingerprint density at radius 2 is 1.47 bits per heavy atom. The molecule has 0 unspecified atom stereocenters. The first-order valence-corrected chi connectivity index (χ1v) is 5.25. The summed E-state index contributed by atoms with van der Waals surface area (Å²) in [6.45, 7) is 0.0221. The van der Waals surface area contributed by atoms with E-state index in [0.717, 1.165) is 11.8 Å². The summed E-state index contributed by atoms with van der Waals surface area (Å²) in [5.41, 5.74) is 1.46. The molecule has 2 rings (SSSR count). The summed E-state index contributed by atoms with van der Waals surface area (Å²) >= 11 is 0. The van der Waals surface area contributed by atoms with E-state index in [2.05, 4.69) is 0 Å². The van der Waals surface area contributed by atoms with E-state index in [0.29, 0.717) is 17.1 Å². The van der Waals surface area contributed by atoms with Crippen molar-refractivity contribution in [1.29, 1.82) is 0 Å². The van der Waals surface area contributed by atoms with Gasteiger partial charge < -0.3 is 9.84 Å². The van der Waals surface area contributed by atoms with E-state index in [-0.39, 0.29) is 6.61 Å². The largest absolute Gasteiger partial charge is 0.457 e. The molecule has 3 heteroatoms. The van der Waals surface area contributed by atoms with Gasteiger partial charge in [0.05, 0.1) is 6.61 Å². The minimum Gasteiger partial charge on any atom is -0.457 e. The van der Waals surface area contributed by atoms with Gasteiger partial charge in [-0.2, -0.15) is 0 Å². The highest BCUT2D eigenvalue weighted by Gasteiger charge is 1.98. The Bertz CT molecular complexity index is 486. The van der Waals surface area contributed by atoms with E-state index in [4.69, 9.17) is 9.84 Å². The maximum absolute atomic E-state index is 10.5. The summed E-state index contributed by atoms with van der Waals surface area (Å²) in [5, 5.41) is 8.90. The molecular formula is C14H12O3. The van der Waals surface area contributed by atoms with Crippen LogP contribution in [0.4, 0.5) is 0 Å². The second kappa shape index (κ2) is 5.27. The first-order chi connectivity index (χ1) is 8.31. The number of carbonyl (C=O) groups is 1. The third-order valence-electron chi connectivity index (χ3n) is 2.36. The Morgan fingerprint density at radius 1 is 0.941 bits per heavy atom. The van der Waals surface area contributed by atoms with Crippen molar-refractivity contribution >= 4 is 6.29 Å². The molecule has 0 fully saturated rings. The zero-order chi connectivity index (χ0) is 12.1. The fourth-order valence-electron chi connectivity index (χ4n) is 1.41. The maximum atomic E-state index is 10.5. The van der Waals surface area contributed by atoms with Gasteiger partial charge in [0, 0.05) is 5.56 Å². The molecule has 0 radical (unpaired) electrons. The zero-order valence-electron chi connectivity index (χ0n) is 9.17. The van der Waals surface area contributed by atoms with Gasteiger partial charge >= 0.3 is 0 Å². The average molecular weight is 228 g/mol. The number of hydrogen-bond acceptors (Lipinski definition) is 3. The van der Waals surface area contributed by atoms with Crippen molar-refractivity contribution in [3.8, 4) is 11.5 Å². The highest BCUT2D eigenvalue weighted by Crippen LogP contribution is 2.21. The molecule has 2 aromatic carbocycles. The van der Waals surface area contributed by atoms with Crippen LogP contribution in [0.5, 0.6) is 11.5 Å². The van der Waals surface area contributed by atoms with E-state index in [1.54, 1.807) is 48.5 Å². The zero-order valence-corrected chi connectivity index (χ0v) is 9.17. The number of hydrogen-bond donors (Lipinski definition) is 1. The molecule has 17 heavy (non-hydrogen) atoms. The Hall–Kier alpha value is -2.13. The predicted molar refractivity (Wildman–Crippen MR) is 64.3 cm³/mol. The normalized spacial score (nSPS) is 9.94. The lowest BCUT2D eigenvalue weighted by molar-refractivity contribution is 0.112. The second-order valence-electron chi connectivity index (χ2n) is 3.59. The van der Waals surface area contributed by atoms with Gasteiger partial charge in [-0.1, -0.05) is 12.1 Å². The van der Waals surface area contributed by atoms with Crippen LogP contribution in [0.3, 0.4) is 0 Å². The third kappa shape index (κ3) is 2.92. The predicted octanol–water partition coefficient (Wildman–Crippen LogP) is 2.78. The van der Waals surface area contributed by atoms with Crippen LogP contribution < -0.4 is 4.74 Å². The second-order valence-corrected chi connectivity index (χ2v) is 3.59. The van der Waals surface area contributed by atoms with Crippen LogP contribution in [-0.2, 0) is 6.61 Å². The van der Waals surface area contributed by atoms with Gasteiger partial charge in [0.25, 0.3) is 0 Å². The molecule has 0 aliphatic carbocycles. The molecule has 0 aromatic heterocycles. The lowest BCUT2D eigenvalue weighted by Gasteiger charge is -2.06. The molecule has 1 N–H and O–H groups in total. The van der Waals surface area contributed by atoms with Crippen molar-refractivity contribution in [2.75, 3.05) is 0 Å². The van der Waals surface area contributed by atoms with Gasteiger partial charge in [-0.15, -0.1) is 0 Å². The summed E-state index contributed by atoms with van der Waals surface area (Å²) in [6, 6.07) is 14.1. The van der Waals surface area contributed by atoms with E-state index in [9.17, 15) is 4.79 Å². The molecule has 86 valence electrons. The summed E-state index contributed by atoms with van der Waals surface area (Å²) in [7, 11) is 0. The molecule has 0 aliphatic heterocycles. The van der Waals surface area contributed by atoms with Gasteiger partial charge in [0.2, 0.25) is 0 Å². The van der Waals surface area contributed by atoms with E-state index >= 15 is 0 Å². The Morgan fingerprint density at radius 3 is 1.94 bits per heavy atom. The molecule has 0 spiro atoms. The fourth-order valence-corrected chi connectivity index (χ4v) is 1.41. The highest BCUT2D eigenvalue weighted by molar-refractivity contribution is 5.74. The lowest BCUT2D eigenvalue weighted by atomic mass is 10.2. The van der Waals surface area contributed by atoms with Crippen molar-refractivity contribution < 1.29 is 14.6 Å². The first-order valence-electron chi connectivity index (χ1n) is 5.25. The Balaban J connectivity index is 2.10. The molecule has 0 bridgehead atoms. The van der Waals surface area contributed by atoms with Crippen molar-refractivity contribution in [2.24, 2.45) is 0 Å². The summed E-state index contributed by atoms with van der Waals surface area (Å²) in [4.78, 5) is 10.5. The Kier molecular flexibility index (Phi) is 3.52. The number of carbonyl (C=O) groups excluding carboxylic acids is 1. The molecular weight excluding hydrogens is 216 g/mol. The molecule has 0 saturated heterocycles. The van der Waals surface area contributed by atoms with E-state index in [1.807, 2.05) is 0 Å².